The van der Waals surface area contributed by atoms with Crippen molar-refractivity contribution in [2.24, 2.45) is 0 Å². The van der Waals surface area contributed by atoms with Crippen LogP contribution >= 0.6 is 0 Å². The number of rotatable bonds is 3. The first-order chi connectivity index (χ1) is 8.70. The molecule has 0 fully saturated rings. The third-order valence-electron chi connectivity index (χ3n) is 2.28. The lowest BCUT2D eigenvalue weighted by Gasteiger charge is -2.02. The Balaban J connectivity index is 2.33. The van der Waals surface area contributed by atoms with Gasteiger partial charge in [-0.1, -0.05) is 6.07 Å². The first-order valence-electron chi connectivity index (χ1n) is 5.10. The van der Waals surface area contributed by atoms with Crippen molar-refractivity contribution < 1.29 is 9.53 Å². The number of benzene rings is 1. The molecular formula is C11H11N5O2. The second-order valence-corrected chi connectivity index (χ2v) is 3.44. The summed E-state index contributed by atoms with van der Waals surface area (Å²) in [6, 6.07) is 5.25. The number of anilines is 1. The highest BCUT2D eigenvalue weighted by molar-refractivity contribution is 5.87. The number of carbonyl (C=O) groups is 1. The predicted octanol–water partition coefficient (Wildman–Crippen LogP) is 0.635. The van der Waals surface area contributed by atoms with Gasteiger partial charge in [-0.05, 0) is 29.0 Å². The second kappa shape index (κ2) is 5.09. The Morgan fingerprint density at radius 1 is 1.50 bits per heavy atom. The summed E-state index contributed by atoms with van der Waals surface area (Å²) in [7, 11) is 1.32. The van der Waals surface area contributed by atoms with E-state index in [0.29, 0.717) is 17.1 Å². The Morgan fingerprint density at radius 3 is 3.00 bits per heavy atom. The zero-order valence-corrected chi connectivity index (χ0v) is 9.62. The number of hydrogen-bond donors (Lipinski definition) is 2. The van der Waals surface area contributed by atoms with Crippen LogP contribution in [-0.2, 0) is 9.53 Å². The van der Waals surface area contributed by atoms with Crippen molar-refractivity contribution in [3.63, 3.8) is 0 Å². The fourth-order valence-electron chi connectivity index (χ4n) is 1.38. The number of carbonyl (C=O) groups excluding carboxylic acids is 1. The Bertz CT molecular complexity index is 577. The molecule has 92 valence electrons. The summed E-state index contributed by atoms with van der Waals surface area (Å²) >= 11 is 0. The number of ether oxygens (including phenoxy) is 1. The molecule has 3 N–H and O–H groups in total. The molecular weight excluding hydrogens is 234 g/mol. The number of H-pyrrole nitrogens is 1. The molecule has 1 heterocycles. The van der Waals surface area contributed by atoms with Crippen molar-refractivity contribution in [2.45, 2.75) is 0 Å². The molecule has 0 bridgehead atoms. The average molecular weight is 245 g/mol. The van der Waals surface area contributed by atoms with Crippen molar-refractivity contribution >= 4 is 17.7 Å². The number of nitrogens with one attached hydrogen (secondary N) is 1. The smallest absolute Gasteiger partial charge is 0.330 e. The highest BCUT2D eigenvalue weighted by atomic mass is 16.5. The number of aromatic nitrogens is 4. The van der Waals surface area contributed by atoms with Gasteiger partial charge in [-0.25, -0.2) is 4.79 Å². The molecule has 2 aromatic rings. The average Bonchev–Trinajstić information content (AvgIpc) is 2.91. The quantitative estimate of drug-likeness (QED) is 0.466. The van der Waals surface area contributed by atoms with Crippen LogP contribution in [0.3, 0.4) is 0 Å². The van der Waals surface area contributed by atoms with Gasteiger partial charge in [0.05, 0.1) is 7.11 Å². The van der Waals surface area contributed by atoms with Gasteiger partial charge in [0.1, 0.15) is 0 Å². The molecule has 1 aromatic heterocycles. The third-order valence-corrected chi connectivity index (χ3v) is 2.28. The van der Waals surface area contributed by atoms with E-state index in [1.54, 1.807) is 24.3 Å². The number of tetrazole rings is 1. The molecule has 0 saturated heterocycles. The summed E-state index contributed by atoms with van der Waals surface area (Å²) < 4.78 is 4.51. The topological polar surface area (TPSA) is 107 Å². The fourth-order valence-corrected chi connectivity index (χ4v) is 1.38. The summed E-state index contributed by atoms with van der Waals surface area (Å²) in [5.41, 5.74) is 7.79. The highest BCUT2D eigenvalue weighted by Gasteiger charge is 2.07. The fraction of sp³-hybridized carbons (Fsp3) is 0.0909. The highest BCUT2D eigenvalue weighted by Crippen LogP contribution is 2.23. The molecule has 0 spiro atoms. The molecule has 0 atom stereocenters. The maximum atomic E-state index is 11.0. The lowest BCUT2D eigenvalue weighted by Crippen LogP contribution is -1.94. The molecule has 7 nitrogen and oxygen atoms in total. The number of nitrogens with zero attached hydrogens (tertiary/aromatic N) is 3. The lowest BCUT2D eigenvalue weighted by atomic mass is 10.1. The van der Waals surface area contributed by atoms with E-state index in [-0.39, 0.29) is 0 Å². The minimum atomic E-state index is -0.423. The van der Waals surface area contributed by atoms with E-state index >= 15 is 0 Å². The second-order valence-electron chi connectivity index (χ2n) is 3.44. The minimum absolute atomic E-state index is 0.404. The van der Waals surface area contributed by atoms with E-state index in [0.717, 1.165) is 5.56 Å². The molecule has 0 radical (unpaired) electrons. The van der Waals surface area contributed by atoms with Crippen molar-refractivity contribution in [1.82, 2.24) is 20.6 Å². The first-order valence-corrected chi connectivity index (χ1v) is 5.10. The Labute approximate surface area is 103 Å². The molecule has 1 aromatic carbocycles. The number of nitrogen functional groups attached to an aromatic ring is 1. The van der Waals surface area contributed by atoms with Crippen LogP contribution in [0, 0.1) is 0 Å². The molecule has 7 heteroatoms. The van der Waals surface area contributed by atoms with E-state index < -0.39 is 5.97 Å². The van der Waals surface area contributed by atoms with Crippen molar-refractivity contribution in [2.75, 3.05) is 12.8 Å². The van der Waals surface area contributed by atoms with Crippen LogP contribution in [0.25, 0.3) is 17.5 Å². The van der Waals surface area contributed by atoms with E-state index in [1.165, 1.54) is 13.2 Å². The Morgan fingerprint density at radius 2 is 2.33 bits per heavy atom. The molecule has 0 amide bonds. The van der Waals surface area contributed by atoms with Gasteiger partial charge in [0.25, 0.3) is 0 Å². The summed E-state index contributed by atoms with van der Waals surface area (Å²) in [6.45, 7) is 0. The van der Waals surface area contributed by atoms with Crippen LogP contribution in [-0.4, -0.2) is 33.7 Å². The number of nitrogens with two attached hydrogens (primary N) is 1. The van der Waals surface area contributed by atoms with Gasteiger partial charge in [-0.3, -0.25) is 0 Å². The molecule has 2 rings (SSSR count). The SMILES string of the molecule is COC(=O)C=Cc1ccc(N)c(-c2nn[nH]n2)c1. The lowest BCUT2D eigenvalue weighted by molar-refractivity contribution is -0.134. The molecule has 18 heavy (non-hydrogen) atoms. The minimum Gasteiger partial charge on any atom is -0.466 e. The normalized spacial score (nSPS) is 10.7. The van der Waals surface area contributed by atoms with E-state index in [9.17, 15) is 4.79 Å². The summed E-state index contributed by atoms with van der Waals surface area (Å²) in [4.78, 5) is 11.0. The predicted molar refractivity (Wildman–Crippen MR) is 65.1 cm³/mol. The van der Waals surface area contributed by atoms with Gasteiger partial charge < -0.3 is 10.5 Å². The number of hydrogen-bond acceptors (Lipinski definition) is 6. The van der Waals surface area contributed by atoms with Gasteiger partial charge in [0.15, 0.2) is 0 Å². The van der Waals surface area contributed by atoms with Crippen LogP contribution in [0.4, 0.5) is 5.69 Å². The Hall–Kier alpha value is -2.70. The van der Waals surface area contributed by atoms with Crippen LogP contribution in [0.15, 0.2) is 24.3 Å². The zero-order chi connectivity index (χ0) is 13.0. The van der Waals surface area contributed by atoms with Crippen molar-refractivity contribution in [3.05, 3.63) is 29.8 Å². The molecule has 0 aliphatic heterocycles. The monoisotopic (exact) mass is 245 g/mol. The van der Waals surface area contributed by atoms with E-state index in [4.69, 9.17) is 5.73 Å². The van der Waals surface area contributed by atoms with Crippen molar-refractivity contribution in [1.29, 1.82) is 0 Å². The standard InChI is InChI=1S/C11H11N5O2/c1-18-10(17)5-3-7-2-4-9(12)8(6-7)11-13-15-16-14-11/h2-6H,12H2,1H3,(H,13,14,15,16). The largest absolute Gasteiger partial charge is 0.466 e. The van der Waals surface area contributed by atoms with Gasteiger partial charge in [-0.15, -0.1) is 10.2 Å². The first kappa shape index (κ1) is 11.8. The van der Waals surface area contributed by atoms with E-state index in [2.05, 4.69) is 25.4 Å². The summed E-state index contributed by atoms with van der Waals surface area (Å²) in [5.74, 6) is -0.0197. The van der Waals surface area contributed by atoms with Gasteiger partial charge >= 0.3 is 5.97 Å². The molecule has 0 aliphatic carbocycles. The van der Waals surface area contributed by atoms with Crippen LogP contribution in [0.2, 0.25) is 0 Å². The van der Waals surface area contributed by atoms with Crippen molar-refractivity contribution in [3.8, 4) is 11.4 Å². The molecule has 0 aliphatic rings. The van der Waals surface area contributed by atoms with Gasteiger partial charge in [0.2, 0.25) is 5.82 Å². The van der Waals surface area contributed by atoms with E-state index in [1.807, 2.05) is 0 Å². The summed E-state index contributed by atoms with van der Waals surface area (Å²) in [6.07, 6.45) is 2.94. The molecule has 0 unspecified atom stereocenters. The maximum Gasteiger partial charge on any atom is 0.330 e. The molecule has 0 saturated carbocycles. The number of esters is 1. The zero-order valence-electron chi connectivity index (χ0n) is 9.62. The van der Waals surface area contributed by atoms with Gasteiger partial charge in [0, 0.05) is 17.3 Å². The summed E-state index contributed by atoms with van der Waals surface area (Å²) in [5, 5.41) is 13.5. The Kier molecular flexibility index (Phi) is 3.33. The number of methoxy groups -OCH3 is 1. The van der Waals surface area contributed by atoms with Gasteiger partial charge in [-0.2, -0.15) is 5.21 Å². The van der Waals surface area contributed by atoms with Crippen LogP contribution in [0.5, 0.6) is 0 Å². The van der Waals surface area contributed by atoms with Crippen LogP contribution < -0.4 is 5.73 Å². The maximum absolute atomic E-state index is 11.0. The van der Waals surface area contributed by atoms with Crippen LogP contribution in [0.1, 0.15) is 5.56 Å². The number of aromatic amines is 1. The third kappa shape index (κ3) is 2.51.